The van der Waals surface area contributed by atoms with Gasteiger partial charge in [0.15, 0.2) is 12.6 Å². The summed E-state index contributed by atoms with van der Waals surface area (Å²) < 4.78 is 25.4. The van der Waals surface area contributed by atoms with Crippen molar-refractivity contribution in [3.8, 4) is 0 Å². The number of hydrogen-bond acceptors (Lipinski definition) is 4. The molecule has 0 saturated heterocycles. The number of benzene rings is 2. The Kier molecular flexibility index (Phi) is 9.64. The Morgan fingerprint density at radius 3 is 1.13 bits per heavy atom. The van der Waals surface area contributed by atoms with Gasteiger partial charge in [-0.3, -0.25) is 0 Å². The van der Waals surface area contributed by atoms with Gasteiger partial charge in [-0.1, -0.05) is 48.5 Å². The van der Waals surface area contributed by atoms with Crippen LogP contribution in [0.1, 0.15) is 102 Å². The van der Waals surface area contributed by atoms with E-state index in [1.807, 2.05) is 0 Å². The predicted molar refractivity (Wildman–Crippen MR) is 156 cm³/mol. The van der Waals surface area contributed by atoms with E-state index in [9.17, 15) is 0 Å². The Labute approximate surface area is 230 Å². The molecule has 0 amide bonds. The van der Waals surface area contributed by atoms with Gasteiger partial charge >= 0.3 is 0 Å². The van der Waals surface area contributed by atoms with Crippen molar-refractivity contribution in [3.05, 3.63) is 81.9 Å². The van der Waals surface area contributed by atoms with Crippen LogP contribution in [0.3, 0.4) is 0 Å². The van der Waals surface area contributed by atoms with E-state index >= 15 is 0 Å². The predicted octanol–water partition coefficient (Wildman–Crippen LogP) is 8.48. The van der Waals surface area contributed by atoms with E-state index in [0.29, 0.717) is 0 Å². The van der Waals surface area contributed by atoms with E-state index in [1.54, 1.807) is 0 Å². The summed E-state index contributed by atoms with van der Waals surface area (Å²) in [6.45, 7) is 16.6. The molecule has 0 N–H and O–H groups in total. The fourth-order valence-corrected chi connectivity index (χ4v) is 5.65. The van der Waals surface area contributed by atoms with Gasteiger partial charge < -0.3 is 18.9 Å². The van der Waals surface area contributed by atoms with Crippen molar-refractivity contribution in [1.82, 2.24) is 0 Å². The molecule has 2 aromatic carbocycles. The van der Waals surface area contributed by atoms with Gasteiger partial charge in [0, 0.05) is 11.8 Å². The molecule has 0 saturated carbocycles. The van der Waals surface area contributed by atoms with Crippen molar-refractivity contribution in [2.75, 3.05) is 0 Å². The maximum Gasteiger partial charge on any atom is 0.181 e. The SMILES string of the molecule is CC(C)OC(OC(C)C)C1=Cc2ccccc2C1CCC1C(C(OC(C)C)OC(C)C)=Cc2ccccc21. The molecule has 2 aliphatic rings. The molecule has 2 aliphatic carbocycles. The summed E-state index contributed by atoms with van der Waals surface area (Å²) >= 11 is 0. The minimum absolute atomic E-state index is 0.0716. The van der Waals surface area contributed by atoms with Crippen LogP contribution < -0.4 is 0 Å². The van der Waals surface area contributed by atoms with Gasteiger partial charge in [0.1, 0.15) is 0 Å². The van der Waals surface area contributed by atoms with E-state index in [4.69, 9.17) is 18.9 Å². The zero-order valence-electron chi connectivity index (χ0n) is 24.4. The summed E-state index contributed by atoms with van der Waals surface area (Å²) in [5.41, 5.74) is 7.69. The summed E-state index contributed by atoms with van der Waals surface area (Å²) in [7, 11) is 0. The standard InChI is InChI=1S/C34H46O4/c1-21(2)35-33(36-22(3)4)31-19-25-13-9-11-15-27(25)29(31)17-18-30-28-16-12-10-14-26(28)20-32(30)34(37-23(5)6)38-24(7)8/h9-16,19-24,29-30,33-34H,17-18H2,1-8H3. The number of fused-ring (bicyclic) bond motifs is 2. The van der Waals surface area contributed by atoms with Gasteiger partial charge in [-0.15, -0.1) is 0 Å². The Balaban J connectivity index is 1.64. The summed E-state index contributed by atoms with van der Waals surface area (Å²) in [4.78, 5) is 0. The third-order valence-electron chi connectivity index (χ3n) is 7.06. The molecule has 2 atom stereocenters. The summed E-state index contributed by atoms with van der Waals surface area (Å²) in [5.74, 6) is 0.469. The second kappa shape index (κ2) is 12.7. The minimum Gasteiger partial charge on any atom is -0.346 e. The maximum atomic E-state index is 6.34. The molecule has 38 heavy (non-hydrogen) atoms. The van der Waals surface area contributed by atoms with Crippen LogP contribution in [-0.2, 0) is 18.9 Å². The van der Waals surface area contributed by atoms with Crippen LogP contribution in [0.15, 0.2) is 59.7 Å². The third kappa shape index (κ3) is 6.84. The maximum absolute atomic E-state index is 6.34. The van der Waals surface area contributed by atoms with Crippen LogP contribution in [0.25, 0.3) is 12.2 Å². The zero-order chi connectivity index (χ0) is 27.4. The van der Waals surface area contributed by atoms with E-state index in [0.717, 1.165) is 12.8 Å². The molecule has 0 aromatic heterocycles. The van der Waals surface area contributed by atoms with Gasteiger partial charge in [-0.05, 0) is 114 Å². The Morgan fingerprint density at radius 2 is 0.816 bits per heavy atom. The van der Waals surface area contributed by atoms with Crippen LogP contribution >= 0.6 is 0 Å². The van der Waals surface area contributed by atoms with Crippen molar-refractivity contribution in [1.29, 1.82) is 0 Å². The van der Waals surface area contributed by atoms with Crippen molar-refractivity contribution in [2.45, 2.75) is 117 Å². The average Bonchev–Trinajstić information content (AvgIpc) is 3.39. The first-order chi connectivity index (χ1) is 18.1. The number of hydrogen-bond donors (Lipinski definition) is 0. The minimum atomic E-state index is -0.362. The Morgan fingerprint density at radius 1 is 0.500 bits per heavy atom. The number of rotatable bonds is 13. The second-order valence-corrected chi connectivity index (χ2v) is 11.6. The molecule has 2 unspecified atom stereocenters. The zero-order valence-corrected chi connectivity index (χ0v) is 24.4. The summed E-state index contributed by atoms with van der Waals surface area (Å²) in [6, 6.07) is 17.4. The smallest absolute Gasteiger partial charge is 0.181 e. The molecular weight excluding hydrogens is 472 g/mol. The normalized spacial score (nSPS) is 18.8. The first-order valence-corrected chi connectivity index (χ1v) is 14.4. The molecule has 0 radical (unpaired) electrons. The van der Waals surface area contributed by atoms with Gasteiger partial charge in [-0.25, -0.2) is 0 Å². The third-order valence-corrected chi connectivity index (χ3v) is 7.06. The molecule has 4 heteroatoms. The van der Waals surface area contributed by atoms with Crippen molar-refractivity contribution in [2.24, 2.45) is 0 Å². The van der Waals surface area contributed by atoms with Gasteiger partial charge in [-0.2, -0.15) is 0 Å². The molecule has 4 rings (SSSR count). The average molecular weight is 519 g/mol. The van der Waals surface area contributed by atoms with Crippen LogP contribution in [0.5, 0.6) is 0 Å². The molecule has 2 aromatic rings. The first kappa shape index (κ1) is 28.8. The lowest BCUT2D eigenvalue weighted by Gasteiger charge is -2.31. The fraction of sp³-hybridized carbons (Fsp3) is 0.529. The topological polar surface area (TPSA) is 36.9 Å². The lowest BCUT2D eigenvalue weighted by molar-refractivity contribution is -0.161. The van der Waals surface area contributed by atoms with E-state index in [1.165, 1.54) is 33.4 Å². The van der Waals surface area contributed by atoms with Crippen molar-refractivity contribution >= 4 is 12.2 Å². The molecule has 0 spiro atoms. The lowest BCUT2D eigenvalue weighted by atomic mass is 9.83. The van der Waals surface area contributed by atoms with Crippen LogP contribution in [0.4, 0.5) is 0 Å². The van der Waals surface area contributed by atoms with Crippen LogP contribution in [-0.4, -0.2) is 37.0 Å². The van der Waals surface area contributed by atoms with Gasteiger partial charge in [0.05, 0.1) is 24.4 Å². The Hall–Kier alpha value is -2.24. The van der Waals surface area contributed by atoms with E-state index < -0.39 is 0 Å². The number of ether oxygens (including phenoxy) is 4. The molecule has 0 aliphatic heterocycles. The Bertz CT molecular complexity index is 1020. The highest BCUT2D eigenvalue weighted by molar-refractivity contribution is 5.68. The largest absolute Gasteiger partial charge is 0.346 e. The van der Waals surface area contributed by atoms with Gasteiger partial charge in [0.25, 0.3) is 0 Å². The molecule has 0 fully saturated rings. The highest BCUT2D eigenvalue weighted by Crippen LogP contribution is 2.47. The lowest BCUT2D eigenvalue weighted by Crippen LogP contribution is -2.29. The molecule has 0 heterocycles. The molecule has 0 bridgehead atoms. The van der Waals surface area contributed by atoms with Gasteiger partial charge in [0.2, 0.25) is 0 Å². The second-order valence-electron chi connectivity index (χ2n) is 11.6. The highest BCUT2D eigenvalue weighted by Gasteiger charge is 2.36. The van der Waals surface area contributed by atoms with Crippen LogP contribution in [0.2, 0.25) is 0 Å². The molecule has 4 nitrogen and oxygen atoms in total. The quantitative estimate of drug-likeness (QED) is 0.249. The first-order valence-electron chi connectivity index (χ1n) is 14.4. The van der Waals surface area contributed by atoms with Crippen molar-refractivity contribution < 1.29 is 18.9 Å². The van der Waals surface area contributed by atoms with E-state index in [-0.39, 0.29) is 48.8 Å². The monoisotopic (exact) mass is 518 g/mol. The van der Waals surface area contributed by atoms with Crippen LogP contribution in [0, 0.1) is 0 Å². The molecule has 206 valence electrons. The summed E-state index contributed by atoms with van der Waals surface area (Å²) in [5, 5.41) is 0. The van der Waals surface area contributed by atoms with Crippen molar-refractivity contribution in [3.63, 3.8) is 0 Å². The fourth-order valence-electron chi connectivity index (χ4n) is 5.65. The summed E-state index contributed by atoms with van der Waals surface area (Å²) in [6.07, 6.45) is 6.11. The molecular formula is C34H46O4. The highest BCUT2D eigenvalue weighted by atomic mass is 16.7. The van der Waals surface area contributed by atoms with E-state index in [2.05, 4.69) is 116 Å².